The van der Waals surface area contributed by atoms with Crippen LogP contribution < -0.4 is 10.6 Å². The second kappa shape index (κ2) is 13.8. The molecule has 4 heteroatoms. The summed E-state index contributed by atoms with van der Waals surface area (Å²) >= 11 is 0. The molecule has 0 radical (unpaired) electrons. The fraction of sp³-hybridized carbons (Fsp3) is 0.633. The largest absolute Gasteiger partial charge is 0.391 e. The van der Waals surface area contributed by atoms with E-state index < -0.39 is 6.10 Å². The maximum Gasteiger partial charge on any atom is 0.223 e. The molecule has 0 bridgehead atoms. The van der Waals surface area contributed by atoms with Crippen LogP contribution in [0.4, 0.5) is 0 Å². The highest BCUT2D eigenvalue weighted by atomic mass is 16.3. The van der Waals surface area contributed by atoms with Crippen molar-refractivity contribution in [3.63, 3.8) is 0 Å². The van der Waals surface area contributed by atoms with Crippen molar-refractivity contribution in [3.8, 4) is 0 Å². The van der Waals surface area contributed by atoms with Gasteiger partial charge in [0.05, 0.1) is 6.10 Å². The molecule has 1 aliphatic carbocycles. The minimum atomic E-state index is -0.535. The highest BCUT2D eigenvalue weighted by molar-refractivity contribution is 5.83. The SMILES string of the molecule is CCCCNC(=O)C(CC(O)C(CC1CCCCC1)NCc1ccc2ccccc2c1)C(C)C. The van der Waals surface area contributed by atoms with Crippen LogP contribution in [0.25, 0.3) is 10.8 Å². The zero-order valence-corrected chi connectivity index (χ0v) is 21.6. The van der Waals surface area contributed by atoms with Crippen LogP contribution in [0, 0.1) is 17.8 Å². The van der Waals surface area contributed by atoms with Crippen molar-refractivity contribution in [3.05, 3.63) is 48.0 Å². The number of fused-ring (bicyclic) bond motifs is 1. The van der Waals surface area contributed by atoms with Crippen LogP contribution in [0.2, 0.25) is 0 Å². The number of unbranched alkanes of at least 4 members (excludes halogenated alkanes) is 1. The Morgan fingerprint density at radius 1 is 1.06 bits per heavy atom. The Morgan fingerprint density at radius 2 is 1.79 bits per heavy atom. The number of rotatable bonds is 13. The number of hydrogen-bond acceptors (Lipinski definition) is 3. The highest BCUT2D eigenvalue weighted by Gasteiger charge is 2.30. The summed E-state index contributed by atoms with van der Waals surface area (Å²) in [6, 6.07) is 15.0. The summed E-state index contributed by atoms with van der Waals surface area (Å²) in [4.78, 5) is 12.9. The average molecular weight is 467 g/mol. The van der Waals surface area contributed by atoms with Crippen LogP contribution in [-0.4, -0.2) is 29.7 Å². The molecule has 2 aromatic rings. The quantitative estimate of drug-likeness (QED) is 0.308. The van der Waals surface area contributed by atoms with Crippen LogP contribution >= 0.6 is 0 Å². The van der Waals surface area contributed by atoms with Gasteiger partial charge in [0.25, 0.3) is 0 Å². The predicted molar refractivity (Wildman–Crippen MR) is 143 cm³/mol. The number of nitrogens with one attached hydrogen (secondary N) is 2. The first-order valence-electron chi connectivity index (χ1n) is 13.6. The monoisotopic (exact) mass is 466 g/mol. The number of aliphatic hydroxyl groups excluding tert-OH is 1. The van der Waals surface area contributed by atoms with Gasteiger partial charge in [-0.2, -0.15) is 0 Å². The maximum absolute atomic E-state index is 12.9. The summed E-state index contributed by atoms with van der Waals surface area (Å²) in [5.41, 5.74) is 1.23. The zero-order valence-electron chi connectivity index (χ0n) is 21.6. The Bertz CT molecular complexity index is 875. The van der Waals surface area contributed by atoms with Crippen molar-refractivity contribution < 1.29 is 9.90 Å². The number of carbonyl (C=O) groups is 1. The number of benzene rings is 2. The van der Waals surface area contributed by atoms with Gasteiger partial charge < -0.3 is 15.7 Å². The normalized spacial score (nSPS) is 17.6. The van der Waals surface area contributed by atoms with Crippen molar-refractivity contribution in [1.29, 1.82) is 0 Å². The lowest BCUT2D eigenvalue weighted by molar-refractivity contribution is -0.127. The topological polar surface area (TPSA) is 61.4 Å². The fourth-order valence-corrected chi connectivity index (χ4v) is 5.38. The molecular weight excluding hydrogens is 420 g/mol. The molecule has 3 atom stereocenters. The molecule has 0 aliphatic heterocycles. The molecule has 0 saturated heterocycles. The van der Waals surface area contributed by atoms with Crippen LogP contribution in [0.1, 0.15) is 84.1 Å². The van der Waals surface area contributed by atoms with Crippen LogP contribution in [0.3, 0.4) is 0 Å². The molecule has 2 aromatic carbocycles. The molecule has 0 heterocycles. The van der Waals surface area contributed by atoms with Crippen molar-refractivity contribution in [2.24, 2.45) is 17.8 Å². The second-order valence-electron chi connectivity index (χ2n) is 10.7. The Balaban J connectivity index is 1.67. The van der Waals surface area contributed by atoms with Gasteiger partial charge >= 0.3 is 0 Å². The van der Waals surface area contributed by atoms with Crippen molar-refractivity contribution in [2.45, 2.75) is 97.2 Å². The third-order valence-electron chi connectivity index (χ3n) is 7.63. The minimum Gasteiger partial charge on any atom is -0.391 e. The van der Waals surface area contributed by atoms with E-state index in [4.69, 9.17) is 0 Å². The summed E-state index contributed by atoms with van der Waals surface area (Å²) in [6.07, 6.45) is 9.47. The summed E-state index contributed by atoms with van der Waals surface area (Å²) in [5, 5.41) is 20.7. The molecular formula is C30H46N2O2. The van der Waals surface area contributed by atoms with Gasteiger partial charge in [0.2, 0.25) is 5.91 Å². The molecule has 1 amide bonds. The molecule has 3 rings (SSSR count). The summed E-state index contributed by atoms with van der Waals surface area (Å²) in [7, 11) is 0. The van der Waals surface area contributed by atoms with E-state index in [1.807, 2.05) is 0 Å². The van der Waals surface area contributed by atoms with Crippen molar-refractivity contribution in [1.82, 2.24) is 10.6 Å². The predicted octanol–water partition coefficient (Wildman–Crippen LogP) is 6.21. The van der Waals surface area contributed by atoms with Crippen LogP contribution in [0.5, 0.6) is 0 Å². The minimum absolute atomic E-state index is 0.000683. The molecule has 188 valence electrons. The van der Waals surface area contributed by atoms with E-state index in [9.17, 15) is 9.90 Å². The smallest absolute Gasteiger partial charge is 0.223 e. The van der Waals surface area contributed by atoms with Gasteiger partial charge in [-0.1, -0.05) is 95.7 Å². The van der Waals surface area contributed by atoms with Gasteiger partial charge in [-0.25, -0.2) is 0 Å². The molecule has 1 saturated carbocycles. The van der Waals surface area contributed by atoms with Crippen molar-refractivity contribution >= 4 is 16.7 Å². The number of carbonyl (C=O) groups excluding carboxylic acids is 1. The van der Waals surface area contributed by atoms with E-state index in [0.29, 0.717) is 12.3 Å². The molecule has 4 nitrogen and oxygen atoms in total. The Kier molecular flexibility index (Phi) is 10.9. The Morgan fingerprint density at radius 3 is 2.50 bits per heavy atom. The summed E-state index contributed by atoms with van der Waals surface area (Å²) < 4.78 is 0. The average Bonchev–Trinajstić information content (AvgIpc) is 2.85. The van der Waals surface area contributed by atoms with E-state index in [0.717, 1.165) is 32.4 Å². The molecule has 0 aromatic heterocycles. The Labute approximate surface area is 206 Å². The van der Waals surface area contributed by atoms with Crippen molar-refractivity contribution in [2.75, 3.05) is 6.54 Å². The third-order valence-corrected chi connectivity index (χ3v) is 7.63. The molecule has 1 aliphatic rings. The number of hydrogen-bond donors (Lipinski definition) is 3. The Hall–Kier alpha value is -1.91. The van der Waals surface area contributed by atoms with Gasteiger partial charge in [0, 0.05) is 25.0 Å². The first kappa shape index (κ1) is 26.7. The van der Waals surface area contributed by atoms with E-state index in [1.54, 1.807) is 0 Å². The molecule has 1 fully saturated rings. The first-order chi connectivity index (χ1) is 16.5. The van der Waals surface area contributed by atoms with Gasteiger partial charge in [-0.15, -0.1) is 0 Å². The lowest BCUT2D eigenvalue weighted by Gasteiger charge is -2.32. The number of aliphatic hydroxyl groups is 1. The second-order valence-corrected chi connectivity index (χ2v) is 10.7. The lowest BCUT2D eigenvalue weighted by Crippen LogP contribution is -2.45. The highest BCUT2D eigenvalue weighted by Crippen LogP contribution is 2.30. The van der Waals surface area contributed by atoms with E-state index >= 15 is 0 Å². The maximum atomic E-state index is 12.9. The van der Waals surface area contributed by atoms with Crippen LogP contribution in [-0.2, 0) is 11.3 Å². The van der Waals surface area contributed by atoms with Gasteiger partial charge in [-0.3, -0.25) is 4.79 Å². The van der Waals surface area contributed by atoms with Crippen LogP contribution in [0.15, 0.2) is 42.5 Å². The van der Waals surface area contributed by atoms with E-state index in [1.165, 1.54) is 48.4 Å². The van der Waals surface area contributed by atoms with E-state index in [2.05, 4.69) is 73.9 Å². The number of amides is 1. The van der Waals surface area contributed by atoms with Gasteiger partial charge in [0.15, 0.2) is 0 Å². The van der Waals surface area contributed by atoms with Gasteiger partial charge in [-0.05, 0) is 53.5 Å². The fourth-order valence-electron chi connectivity index (χ4n) is 5.38. The summed E-state index contributed by atoms with van der Waals surface area (Å²) in [6.45, 7) is 7.77. The molecule has 3 N–H and O–H groups in total. The standard InChI is InChI=1S/C30H46N2O2/c1-4-5-17-31-30(34)27(22(2)3)20-29(33)28(19-23-11-7-6-8-12-23)32-21-24-15-16-25-13-9-10-14-26(25)18-24/h9-10,13-16,18,22-23,27-29,32-33H,4-8,11-12,17,19-21H2,1-3H3,(H,31,34). The lowest BCUT2D eigenvalue weighted by atomic mass is 9.81. The molecule has 34 heavy (non-hydrogen) atoms. The molecule has 3 unspecified atom stereocenters. The first-order valence-corrected chi connectivity index (χ1v) is 13.6. The zero-order chi connectivity index (χ0) is 24.3. The summed E-state index contributed by atoms with van der Waals surface area (Å²) in [5.74, 6) is 0.789. The van der Waals surface area contributed by atoms with E-state index in [-0.39, 0.29) is 23.8 Å². The van der Waals surface area contributed by atoms with Gasteiger partial charge in [0.1, 0.15) is 0 Å². The molecule has 0 spiro atoms. The third kappa shape index (κ3) is 8.09.